The van der Waals surface area contributed by atoms with Gasteiger partial charge in [-0.15, -0.1) is 0 Å². The van der Waals surface area contributed by atoms with Gasteiger partial charge in [-0.3, -0.25) is 18.7 Å². The molecule has 0 aliphatic carbocycles. The minimum atomic E-state index is -0.455. The van der Waals surface area contributed by atoms with Crippen LogP contribution in [-0.4, -0.2) is 30.3 Å². The van der Waals surface area contributed by atoms with Crippen LogP contribution >= 0.6 is 11.8 Å². The summed E-state index contributed by atoms with van der Waals surface area (Å²) in [5.41, 5.74) is 5.12. The largest absolute Gasteiger partial charge is 0.369 e. The molecule has 9 heteroatoms. The van der Waals surface area contributed by atoms with Gasteiger partial charge >= 0.3 is 5.69 Å². The third-order valence-corrected chi connectivity index (χ3v) is 4.64. The Morgan fingerprint density at radius 2 is 1.91 bits per heavy atom. The molecule has 0 unspecified atom stereocenters. The number of carbonyl (C=O) groups excluding carboxylic acids is 1. The number of nitrogens with two attached hydrogens (primary N) is 1. The van der Waals surface area contributed by atoms with Gasteiger partial charge in [0.15, 0.2) is 16.3 Å². The number of aryl methyl sites for hydroxylation is 2. The van der Waals surface area contributed by atoms with Gasteiger partial charge in [0, 0.05) is 20.6 Å². The average molecular weight is 339 g/mol. The third-order valence-electron chi connectivity index (χ3n) is 3.64. The summed E-state index contributed by atoms with van der Waals surface area (Å²) >= 11 is 1.18. The predicted octanol–water partition coefficient (Wildman–Crippen LogP) is 0.201. The highest BCUT2D eigenvalue weighted by molar-refractivity contribution is 7.99. The first kappa shape index (κ1) is 17.3. The van der Waals surface area contributed by atoms with E-state index in [0.717, 1.165) is 23.8 Å². The van der Waals surface area contributed by atoms with Gasteiger partial charge in [0.1, 0.15) is 0 Å². The second-order valence-corrected chi connectivity index (χ2v) is 6.33. The maximum Gasteiger partial charge on any atom is 0.332 e. The average Bonchev–Trinajstić information content (AvgIpc) is 2.88. The van der Waals surface area contributed by atoms with Crippen molar-refractivity contribution in [2.45, 2.75) is 37.9 Å². The SMILES string of the molecule is CCCCCn1c(SCC(N)=O)nc2c1c(=O)n(C)c(=O)n2C. The summed E-state index contributed by atoms with van der Waals surface area (Å²) < 4.78 is 4.21. The molecule has 0 aliphatic rings. The van der Waals surface area contributed by atoms with Crippen molar-refractivity contribution < 1.29 is 4.79 Å². The number of rotatable bonds is 7. The summed E-state index contributed by atoms with van der Waals surface area (Å²) in [4.78, 5) is 40.0. The van der Waals surface area contributed by atoms with Crippen LogP contribution in [0.4, 0.5) is 0 Å². The van der Waals surface area contributed by atoms with Gasteiger partial charge in [-0.2, -0.15) is 0 Å². The number of aromatic nitrogens is 4. The van der Waals surface area contributed by atoms with Crippen molar-refractivity contribution in [2.75, 3.05) is 5.75 Å². The standard InChI is InChI=1S/C14H21N5O3S/c1-4-5-6-7-19-10-11(16-13(19)23-8-9(15)20)17(2)14(22)18(3)12(10)21/h4-8H2,1-3H3,(H2,15,20). The minimum Gasteiger partial charge on any atom is -0.369 e. The summed E-state index contributed by atoms with van der Waals surface area (Å²) in [5, 5.41) is 0.535. The lowest BCUT2D eigenvalue weighted by Crippen LogP contribution is -2.37. The molecule has 2 aromatic rings. The first-order chi connectivity index (χ1) is 10.9. The molecular weight excluding hydrogens is 318 g/mol. The summed E-state index contributed by atoms with van der Waals surface area (Å²) in [6, 6.07) is 0. The number of unbranched alkanes of at least 4 members (excludes halogenated alkanes) is 2. The van der Waals surface area contributed by atoms with Crippen LogP contribution in [-0.2, 0) is 25.4 Å². The Kier molecular flexibility index (Phi) is 5.30. The summed E-state index contributed by atoms with van der Waals surface area (Å²) in [5.74, 6) is -0.380. The number of thioether (sulfide) groups is 1. The number of fused-ring (bicyclic) bond motifs is 1. The molecule has 8 nitrogen and oxygen atoms in total. The summed E-state index contributed by atoms with van der Waals surface area (Å²) in [6.07, 6.45) is 2.96. The van der Waals surface area contributed by atoms with Gasteiger partial charge < -0.3 is 10.3 Å². The van der Waals surface area contributed by atoms with Crippen LogP contribution in [0.1, 0.15) is 26.2 Å². The molecule has 0 fully saturated rings. The van der Waals surface area contributed by atoms with E-state index >= 15 is 0 Å². The first-order valence-electron chi connectivity index (χ1n) is 7.45. The van der Waals surface area contributed by atoms with Crippen LogP contribution in [0.5, 0.6) is 0 Å². The van der Waals surface area contributed by atoms with Crippen LogP contribution in [0.3, 0.4) is 0 Å². The number of hydrogen-bond donors (Lipinski definition) is 1. The van der Waals surface area contributed by atoms with E-state index in [0.29, 0.717) is 22.9 Å². The van der Waals surface area contributed by atoms with Gasteiger partial charge in [0.2, 0.25) is 5.91 Å². The number of hydrogen-bond acceptors (Lipinski definition) is 5. The van der Waals surface area contributed by atoms with Gasteiger partial charge in [-0.1, -0.05) is 31.5 Å². The van der Waals surface area contributed by atoms with E-state index in [1.807, 2.05) is 0 Å². The zero-order valence-corrected chi connectivity index (χ0v) is 14.4. The van der Waals surface area contributed by atoms with Crippen molar-refractivity contribution in [2.24, 2.45) is 19.8 Å². The Bertz CT molecular complexity index is 849. The predicted molar refractivity (Wildman–Crippen MR) is 89.7 cm³/mol. The van der Waals surface area contributed by atoms with E-state index in [4.69, 9.17) is 5.73 Å². The molecule has 0 aromatic carbocycles. The summed E-state index contributed by atoms with van der Waals surface area (Å²) in [7, 11) is 3.03. The van der Waals surface area contributed by atoms with E-state index in [1.165, 1.54) is 23.4 Å². The van der Waals surface area contributed by atoms with Gasteiger partial charge in [-0.25, -0.2) is 9.78 Å². The molecule has 2 heterocycles. The highest BCUT2D eigenvalue weighted by Crippen LogP contribution is 2.22. The van der Waals surface area contributed by atoms with E-state index in [-0.39, 0.29) is 11.3 Å². The van der Waals surface area contributed by atoms with Gasteiger partial charge in [0.25, 0.3) is 5.56 Å². The van der Waals surface area contributed by atoms with Crippen LogP contribution in [0.15, 0.2) is 14.7 Å². The zero-order chi connectivity index (χ0) is 17.1. The zero-order valence-electron chi connectivity index (χ0n) is 13.5. The van der Waals surface area contributed by atoms with Gasteiger partial charge in [0.05, 0.1) is 5.75 Å². The Balaban J connectivity index is 2.64. The number of imidazole rings is 1. The number of primary amides is 1. The van der Waals surface area contributed by atoms with Crippen LogP contribution < -0.4 is 17.0 Å². The van der Waals surface area contributed by atoms with Crippen molar-refractivity contribution in [3.05, 3.63) is 20.8 Å². The van der Waals surface area contributed by atoms with Crippen molar-refractivity contribution >= 4 is 28.8 Å². The lowest BCUT2D eigenvalue weighted by atomic mass is 10.2. The molecule has 0 saturated heterocycles. The monoisotopic (exact) mass is 339 g/mol. The number of nitrogens with zero attached hydrogens (tertiary/aromatic N) is 4. The molecule has 0 saturated carbocycles. The second-order valence-electron chi connectivity index (χ2n) is 5.39. The fourth-order valence-electron chi connectivity index (χ4n) is 2.40. The van der Waals surface area contributed by atoms with E-state index in [2.05, 4.69) is 11.9 Å². The lowest BCUT2D eigenvalue weighted by molar-refractivity contribution is -0.115. The third kappa shape index (κ3) is 3.34. The fraction of sp³-hybridized carbons (Fsp3) is 0.571. The number of carbonyl (C=O) groups is 1. The smallest absolute Gasteiger partial charge is 0.332 e. The maximum atomic E-state index is 12.5. The molecular formula is C14H21N5O3S. The highest BCUT2D eigenvalue weighted by Gasteiger charge is 2.19. The normalized spacial score (nSPS) is 11.3. The molecule has 2 aromatic heterocycles. The molecule has 0 aliphatic heterocycles. The van der Waals surface area contributed by atoms with Crippen LogP contribution in [0.25, 0.3) is 11.2 Å². The van der Waals surface area contributed by atoms with Crippen molar-refractivity contribution in [3.8, 4) is 0 Å². The first-order valence-corrected chi connectivity index (χ1v) is 8.44. The Hall–Kier alpha value is -2.03. The molecule has 1 amide bonds. The molecule has 0 radical (unpaired) electrons. The Labute approximate surface area is 137 Å². The highest BCUT2D eigenvalue weighted by atomic mass is 32.2. The molecule has 23 heavy (non-hydrogen) atoms. The van der Waals surface area contributed by atoms with E-state index < -0.39 is 11.6 Å². The minimum absolute atomic E-state index is 0.0748. The van der Waals surface area contributed by atoms with E-state index in [9.17, 15) is 14.4 Å². The van der Waals surface area contributed by atoms with Gasteiger partial charge in [-0.05, 0) is 6.42 Å². The van der Waals surface area contributed by atoms with E-state index in [1.54, 1.807) is 11.6 Å². The molecule has 0 bridgehead atoms. The van der Waals surface area contributed by atoms with Crippen molar-refractivity contribution in [1.29, 1.82) is 0 Å². The maximum absolute atomic E-state index is 12.5. The molecule has 126 valence electrons. The quantitative estimate of drug-likeness (QED) is 0.573. The molecule has 0 atom stereocenters. The topological polar surface area (TPSA) is 105 Å². The second kappa shape index (κ2) is 7.03. The molecule has 2 N–H and O–H groups in total. The molecule has 2 rings (SSSR count). The Morgan fingerprint density at radius 3 is 2.52 bits per heavy atom. The fourth-order valence-corrected chi connectivity index (χ4v) is 3.16. The van der Waals surface area contributed by atoms with Crippen molar-refractivity contribution in [3.63, 3.8) is 0 Å². The van der Waals surface area contributed by atoms with Crippen molar-refractivity contribution in [1.82, 2.24) is 18.7 Å². The summed E-state index contributed by atoms with van der Waals surface area (Å²) in [6.45, 7) is 2.70. The van der Waals surface area contributed by atoms with Crippen LogP contribution in [0, 0.1) is 0 Å². The number of amides is 1. The lowest BCUT2D eigenvalue weighted by Gasteiger charge is -2.08. The molecule has 0 spiro atoms. The van der Waals surface area contributed by atoms with Crippen LogP contribution in [0.2, 0.25) is 0 Å². The Morgan fingerprint density at radius 1 is 1.22 bits per heavy atom.